The average Bonchev–Trinajstić information content (AvgIpc) is 2.18. The van der Waals surface area contributed by atoms with Gasteiger partial charge in [-0.25, -0.2) is 0 Å². The van der Waals surface area contributed by atoms with Crippen LogP contribution in [-0.4, -0.2) is 27.2 Å². The van der Waals surface area contributed by atoms with Crippen molar-refractivity contribution in [2.24, 2.45) is 0 Å². The third-order valence-electron chi connectivity index (χ3n) is 2.35. The van der Waals surface area contributed by atoms with E-state index in [0.29, 0.717) is 0 Å². The SMILES string of the molecule is CNc1cccc2c1OCCN2C. The summed E-state index contributed by atoms with van der Waals surface area (Å²) in [5.41, 5.74) is 2.22. The van der Waals surface area contributed by atoms with E-state index in [1.54, 1.807) is 0 Å². The summed E-state index contributed by atoms with van der Waals surface area (Å²) < 4.78 is 5.61. The Labute approximate surface area is 78.3 Å². The molecule has 0 fully saturated rings. The van der Waals surface area contributed by atoms with Crippen molar-refractivity contribution in [3.05, 3.63) is 18.2 Å². The second kappa shape index (κ2) is 3.17. The molecule has 2 rings (SSSR count). The van der Waals surface area contributed by atoms with Crippen molar-refractivity contribution in [3.63, 3.8) is 0 Å². The van der Waals surface area contributed by atoms with Crippen LogP contribution < -0.4 is 15.0 Å². The van der Waals surface area contributed by atoms with Gasteiger partial charge in [0, 0.05) is 14.1 Å². The van der Waals surface area contributed by atoms with E-state index in [4.69, 9.17) is 4.74 Å². The summed E-state index contributed by atoms with van der Waals surface area (Å²) in [7, 11) is 3.99. The standard InChI is InChI=1S/C10H14N2O/c1-11-8-4-3-5-9-10(8)13-7-6-12(9)2/h3-5,11H,6-7H2,1-2H3. The van der Waals surface area contributed by atoms with Crippen LogP contribution in [0.1, 0.15) is 0 Å². The molecule has 0 bridgehead atoms. The van der Waals surface area contributed by atoms with E-state index in [1.165, 1.54) is 0 Å². The lowest BCUT2D eigenvalue weighted by Gasteiger charge is -2.28. The fraction of sp³-hybridized carbons (Fsp3) is 0.400. The molecular weight excluding hydrogens is 164 g/mol. The van der Waals surface area contributed by atoms with Crippen molar-refractivity contribution in [2.45, 2.75) is 0 Å². The lowest BCUT2D eigenvalue weighted by molar-refractivity contribution is 0.313. The maximum absolute atomic E-state index is 5.61. The van der Waals surface area contributed by atoms with E-state index in [-0.39, 0.29) is 0 Å². The Hall–Kier alpha value is -1.38. The van der Waals surface area contributed by atoms with Gasteiger partial charge in [0.25, 0.3) is 0 Å². The molecule has 0 saturated carbocycles. The van der Waals surface area contributed by atoms with Crippen molar-refractivity contribution in [1.29, 1.82) is 0 Å². The maximum atomic E-state index is 5.61. The van der Waals surface area contributed by atoms with Crippen LogP contribution in [0.15, 0.2) is 18.2 Å². The van der Waals surface area contributed by atoms with Crippen LogP contribution in [0, 0.1) is 0 Å². The summed E-state index contributed by atoms with van der Waals surface area (Å²) in [4.78, 5) is 2.21. The summed E-state index contributed by atoms with van der Waals surface area (Å²) in [5, 5.41) is 3.12. The van der Waals surface area contributed by atoms with E-state index in [2.05, 4.69) is 23.3 Å². The average molecular weight is 178 g/mol. The Morgan fingerprint density at radius 1 is 1.46 bits per heavy atom. The number of ether oxygens (including phenoxy) is 1. The molecular formula is C10H14N2O. The predicted octanol–water partition coefficient (Wildman–Crippen LogP) is 1.56. The highest BCUT2D eigenvalue weighted by Crippen LogP contribution is 2.37. The van der Waals surface area contributed by atoms with Crippen LogP contribution in [0.3, 0.4) is 0 Å². The first-order chi connectivity index (χ1) is 6.33. The zero-order chi connectivity index (χ0) is 9.26. The topological polar surface area (TPSA) is 24.5 Å². The first-order valence-corrected chi connectivity index (χ1v) is 4.47. The van der Waals surface area contributed by atoms with Gasteiger partial charge in [-0.1, -0.05) is 6.07 Å². The zero-order valence-corrected chi connectivity index (χ0v) is 8.00. The van der Waals surface area contributed by atoms with E-state index in [0.717, 1.165) is 30.3 Å². The molecule has 3 heteroatoms. The van der Waals surface area contributed by atoms with Gasteiger partial charge in [-0.3, -0.25) is 0 Å². The molecule has 0 amide bonds. The molecule has 0 unspecified atom stereocenters. The lowest BCUT2D eigenvalue weighted by atomic mass is 10.2. The zero-order valence-electron chi connectivity index (χ0n) is 8.00. The van der Waals surface area contributed by atoms with Crippen LogP contribution in [-0.2, 0) is 0 Å². The van der Waals surface area contributed by atoms with Crippen molar-refractivity contribution in [3.8, 4) is 5.75 Å². The maximum Gasteiger partial charge on any atom is 0.165 e. The van der Waals surface area contributed by atoms with Gasteiger partial charge in [0.2, 0.25) is 0 Å². The minimum atomic E-state index is 0.766. The smallest absolute Gasteiger partial charge is 0.165 e. The number of nitrogens with one attached hydrogen (secondary N) is 1. The van der Waals surface area contributed by atoms with Crippen LogP contribution in [0.4, 0.5) is 11.4 Å². The Morgan fingerprint density at radius 2 is 2.31 bits per heavy atom. The number of likely N-dealkylation sites (N-methyl/N-ethyl adjacent to an activating group) is 1. The van der Waals surface area contributed by atoms with E-state index >= 15 is 0 Å². The van der Waals surface area contributed by atoms with E-state index in [9.17, 15) is 0 Å². The molecule has 0 spiro atoms. The molecule has 70 valence electrons. The number of anilines is 2. The second-order valence-corrected chi connectivity index (χ2v) is 3.17. The number of hydrogen-bond acceptors (Lipinski definition) is 3. The number of rotatable bonds is 1. The Kier molecular flexibility index (Phi) is 2.00. The third-order valence-corrected chi connectivity index (χ3v) is 2.35. The number of hydrogen-bond donors (Lipinski definition) is 1. The predicted molar refractivity (Wildman–Crippen MR) is 54.8 cm³/mol. The number of nitrogens with zero attached hydrogens (tertiary/aromatic N) is 1. The number of fused-ring (bicyclic) bond motifs is 1. The molecule has 0 saturated heterocycles. The fourth-order valence-corrected chi connectivity index (χ4v) is 1.58. The minimum absolute atomic E-state index is 0.766. The summed E-state index contributed by atoms with van der Waals surface area (Å²) in [6.07, 6.45) is 0. The van der Waals surface area contributed by atoms with Crippen LogP contribution in [0.2, 0.25) is 0 Å². The van der Waals surface area contributed by atoms with Gasteiger partial charge in [-0.2, -0.15) is 0 Å². The monoisotopic (exact) mass is 178 g/mol. The highest BCUT2D eigenvalue weighted by molar-refractivity contribution is 5.72. The van der Waals surface area contributed by atoms with Gasteiger partial charge in [0.05, 0.1) is 17.9 Å². The number of benzene rings is 1. The van der Waals surface area contributed by atoms with Crippen molar-refractivity contribution >= 4 is 11.4 Å². The van der Waals surface area contributed by atoms with Crippen molar-refractivity contribution in [1.82, 2.24) is 0 Å². The quantitative estimate of drug-likeness (QED) is 0.706. The van der Waals surface area contributed by atoms with Gasteiger partial charge in [0.15, 0.2) is 5.75 Å². The number of para-hydroxylation sites is 1. The minimum Gasteiger partial charge on any atom is -0.487 e. The van der Waals surface area contributed by atoms with Crippen LogP contribution in [0.25, 0.3) is 0 Å². The molecule has 1 aromatic rings. The molecule has 0 aromatic heterocycles. The van der Waals surface area contributed by atoms with Gasteiger partial charge in [0.1, 0.15) is 6.61 Å². The Morgan fingerprint density at radius 3 is 3.08 bits per heavy atom. The first-order valence-electron chi connectivity index (χ1n) is 4.47. The molecule has 1 aromatic carbocycles. The van der Waals surface area contributed by atoms with E-state index in [1.807, 2.05) is 19.2 Å². The molecule has 1 heterocycles. The fourth-order valence-electron chi connectivity index (χ4n) is 1.58. The second-order valence-electron chi connectivity index (χ2n) is 3.17. The summed E-state index contributed by atoms with van der Waals surface area (Å²) in [6, 6.07) is 6.14. The van der Waals surface area contributed by atoms with E-state index < -0.39 is 0 Å². The molecule has 3 nitrogen and oxygen atoms in total. The Balaban J connectivity index is 2.48. The highest BCUT2D eigenvalue weighted by atomic mass is 16.5. The largest absolute Gasteiger partial charge is 0.487 e. The molecule has 0 aliphatic carbocycles. The summed E-state index contributed by atoms with van der Waals surface area (Å²) in [5.74, 6) is 0.971. The summed E-state index contributed by atoms with van der Waals surface area (Å²) in [6.45, 7) is 1.72. The van der Waals surface area contributed by atoms with Gasteiger partial charge >= 0.3 is 0 Å². The van der Waals surface area contributed by atoms with Gasteiger partial charge in [-0.05, 0) is 12.1 Å². The molecule has 13 heavy (non-hydrogen) atoms. The normalized spacial score (nSPS) is 14.8. The third kappa shape index (κ3) is 1.30. The first kappa shape index (κ1) is 8.23. The molecule has 1 aliphatic heterocycles. The van der Waals surface area contributed by atoms with Crippen molar-refractivity contribution in [2.75, 3.05) is 37.5 Å². The highest BCUT2D eigenvalue weighted by Gasteiger charge is 2.16. The lowest BCUT2D eigenvalue weighted by Crippen LogP contribution is -2.29. The Bertz CT molecular complexity index is 312. The van der Waals surface area contributed by atoms with Crippen LogP contribution in [0.5, 0.6) is 5.75 Å². The molecule has 1 aliphatic rings. The molecule has 0 radical (unpaired) electrons. The van der Waals surface area contributed by atoms with Crippen LogP contribution >= 0.6 is 0 Å². The van der Waals surface area contributed by atoms with Gasteiger partial charge < -0.3 is 15.0 Å². The molecule has 1 N–H and O–H groups in total. The van der Waals surface area contributed by atoms with Gasteiger partial charge in [-0.15, -0.1) is 0 Å². The summed E-state index contributed by atoms with van der Waals surface area (Å²) >= 11 is 0. The van der Waals surface area contributed by atoms with Crippen molar-refractivity contribution < 1.29 is 4.74 Å². The molecule has 0 atom stereocenters.